The summed E-state index contributed by atoms with van der Waals surface area (Å²) in [6.45, 7) is 3.43. The van der Waals surface area contributed by atoms with Crippen LogP contribution < -0.4 is 9.64 Å². The van der Waals surface area contributed by atoms with Crippen LogP contribution in [0.3, 0.4) is 0 Å². The molecule has 1 amide bonds. The Morgan fingerprint density at radius 3 is 2.62 bits per heavy atom. The molecule has 2 bridgehead atoms. The molecule has 0 radical (unpaired) electrons. The number of carbonyl (C=O) groups excluding carboxylic acids is 1. The summed E-state index contributed by atoms with van der Waals surface area (Å²) >= 11 is 0. The number of aromatic hydroxyl groups is 1. The highest BCUT2D eigenvalue weighted by atomic mass is 19.1. The Bertz CT molecular complexity index is 1950. The van der Waals surface area contributed by atoms with Gasteiger partial charge in [0.1, 0.15) is 23.7 Å². The molecule has 0 saturated carbocycles. The number of nitrogens with zero attached hydrogens (tertiary/aromatic N) is 7. The number of aryl methyl sites for hydroxylation is 1. The number of likely N-dealkylation sites (N-methyl/N-ethyl adjacent to an activating group) is 1. The van der Waals surface area contributed by atoms with E-state index < -0.39 is 5.82 Å². The first-order valence-corrected chi connectivity index (χ1v) is 17.0. The summed E-state index contributed by atoms with van der Waals surface area (Å²) in [6, 6.07) is 15.1. The standard InChI is InChI=1S/C37H40FN7O3/c1-42-15-4-7-27(42)22-48-37-40-35-31(13-12-30(34(35)38)32-19-28(46)18-24-6-2-3-8-29(24)32)36(41-37)44-20-25-10-11-26(21-44)45(25)33(47)9-5-16-43-17-14-39-23-43/h2-3,6,8,12-14,17-19,23,25-27,46H,4-5,7,9-11,15-16,20-22H2,1H3. The van der Waals surface area contributed by atoms with Crippen LogP contribution in [0.1, 0.15) is 38.5 Å². The van der Waals surface area contributed by atoms with E-state index in [-0.39, 0.29) is 41.3 Å². The number of benzene rings is 3. The fourth-order valence-corrected chi connectivity index (χ4v) is 7.96. The van der Waals surface area contributed by atoms with Gasteiger partial charge in [-0.05, 0) is 80.2 Å². The lowest BCUT2D eigenvalue weighted by Gasteiger charge is -2.42. The maximum Gasteiger partial charge on any atom is 0.319 e. The number of likely N-dealkylation sites (tertiary alicyclic amines) is 1. The summed E-state index contributed by atoms with van der Waals surface area (Å²) in [5.74, 6) is 0.406. The second-order valence-corrected chi connectivity index (χ2v) is 13.5. The second-order valence-electron chi connectivity index (χ2n) is 13.5. The van der Waals surface area contributed by atoms with Gasteiger partial charge in [0.25, 0.3) is 0 Å². The van der Waals surface area contributed by atoms with Crippen LogP contribution in [0.25, 0.3) is 32.8 Å². The minimum atomic E-state index is -0.482. The van der Waals surface area contributed by atoms with E-state index in [0.717, 1.165) is 56.0 Å². The quantitative estimate of drug-likeness (QED) is 0.220. The predicted octanol–water partition coefficient (Wildman–Crippen LogP) is 5.62. The van der Waals surface area contributed by atoms with Crippen molar-refractivity contribution in [3.8, 4) is 22.9 Å². The number of halogens is 1. The summed E-state index contributed by atoms with van der Waals surface area (Å²) < 4.78 is 25.0. The van der Waals surface area contributed by atoms with E-state index in [1.54, 1.807) is 30.7 Å². The summed E-state index contributed by atoms with van der Waals surface area (Å²) in [5, 5.41) is 12.8. The van der Waals surface area contributed by atoms with Gasteiger partial charge in [0.05, 0.1) is 6.33 Å². The van der Waals surface area contributed by atoms with Gasteiger partial charge in [-0.25, -0.2) is 9.37 Å². The molecule has 3 aliphatic rings. The zero-order chi connectivity index (χ0) is 32.8. The molecule has 2 aromatic heterocycles. The molecule has 8 rings (SSSR count). The van der Waals surface area contributed by atoms with Crippen molar-refractivity contribution in [1.29, 1.82) is 0 Å². The van der Waals surface area contributed by atoms with Gasteiger partial charge in [0.15, 0.2) is 5.82 Å². The van der Waals surface area contributed by atoms with Gasteiger partial charge >= 0.3 is 6.01 Å². The molecule has 3 atom stereocenters. The zero-order valence-electron chi connectivity index (χ0n) is 27.1. The van der Waals surface area contributed by atoms with Gasteiger partial charge in [-0.1, -0.05) is 30.3 Å². The van der Waals surface area contributed by atoms with E-state index >= 15 is 4.39 Å². The van der Waals surface area contributed by atoms with E-state index in [1.165, 1.54) is 0 Å². The second kappa shape index (κ2) is 12.7. The van der Waals surface area contributed by atoms with Gasteiger partial charge in [-0.3, -0.25) is 4.79 Å². The monoisotopic (exact) mass is 649 g/mol. The maximum atomic E-state index is 16.8. The number of carbonyl (C=O) groups is 1. The van der Waals surface area contributed by atoms with Crippen molar-refractivity contribution in [1.82, 2.24) is 29.3 Å². The average Bonchev–Trinajstić information content (AvgIpc) is 3.82. The number of anilines is 1. The Morgan fingerprint density at radius 1 is 1.02 bits per heavy atom. The molecule has 248 valence electrons. The number of aromatic nitrogens is 4. The predicted molar refractivity (Wildman–Crippen MR) is 183 cm³/mol. The number of fused-ring (bicyclic) bond motifs is 4. The largest absolute Gasteiger partial charge is 0.508 e. The Labute approximate surface area is 278 Å². The Balaban J connectivity index is 1.12. The average molecular weight is 650 g/mol. The van der Waals surface area contributed by atoms with Crippen LogP contribution in [-0.2, 0) is 11.3 Å². The van der Waals surface area contributed by atoms with Crippen molar-refractivity contribution in [2.24, 2.45) is 0 Å². The topological polar surface area (TPSA) is 99.9 Å². The molecule has 0 aliphatic carbocycles. The van der Waals surface area contributed by atoms with E-state index in [1.807, 2.05) is 41.1 Å². The Morgan fingerprint density at radius 2 is 1.85 bits per heavy atom. The van der Waals surface area contributed by atoms with Crippen LogP contribution in [0.2, 0.25) is 0 Å². The van der Waals surface area contributed by atoms with Crippen molar-refractivity contribution >= 4 is 33.4 Å². The van der Waals surface area contributed by atoms with Gasteiger partial charge in [0.2, 0.25) is 5.91 Å². The van der Waals surface area contributed by atoms with E-state index in [2.05, 4.69) is 31.7 Å². The van der Waals surface area contributed by atoms with Gasteiger partial charge < -0.3 is 29.1 Å². The molecule has 3 aliphatic heterocycles. The lowest BCUT2D eigenvalue weighted by molar-refractivity contribution is -0.134. The highest BCUT2D eigenvalue weighted by molar-refractivity contribution is 6.01. The van der Waals surface area contributed by atoms with Crippen LogP contribution in [0.4, 0.5) is 10.2 Å². The number of hydrogen-bond acceptors (Lipinski definition) is 8. The van der Waals surface area contributed by atoms with Crippen molar-refractivity contribution < 1.29 is 19.0 Å². The fraction of sp³-hybridized carbons (Fsp3) is 0.405. The number of piperazine rings is 1. The van der Waals surface area contributed by atoms with Crippen LogP contribution in [0.15, 0.2) is 67.3 Å². The van der Waals surface area contributed by atoms with Crippen LogP contribution in [0, 0.1) is 5.82 Å². The SMILES string of the molecule is CN1CCCC1COc1nc(N2CC3CCC(C2)N3C(=O)CCCn2ccnc2)c2ccc(-c3cc(O)cc4ccccc34)c(F)c2n1. The molecule has 3 saturated heterocycles. The molecular weight excluding hydrogens is 609 g/mol. The van der Waals surface area contributed by atoms with Crippen molar-refractivity contribution in [2.75, 3.05) is 38.2 Å². The molecule has 3 unspecified atom stereocenters. The molecule has 0 spiro atoms. The summed E-state index contributed by atoms with van der Waals surface area (Å²) in [5.41, 5.74) is 1.13. The van der Waals surface area contributed by atoms with Crippen LogP contribution in [-0.4, -0.2) is 91.7 Å². The number of ether oxygens (including phenoxy) is 1. The lowest BCUT2D eigenvalue weighted by atomic mass is 9.96. The Hall–Kier alpha value is -4.77. The number of hydrogen-bond donors (Lipinski definition) is 1. The van der Waals surface area contributed by atoms with E-state index in [9.17, 15) is 9.90 Å². The van der Waals surface area contributed by atoms with Crippen LogP contribution >= 0.6 is 0 Å². The van der Waals surface area contributed by atoms with Crippen molar-refractivity contribution in [3.63, 3.8) is 0 Å². The molecule has 10 nitrogen and oxygen atoms in total. The number of amides is 1. The van der Waals surface area contributed by atoms with Gasteiger partial charge in [-0.2, -0.15) is 9.97 Å². The molecule has 1 N–H and O–H groups in total. The smallest absolute Gasteiger partial charge is 0.319 e. The normalized spacial score (nSPS) is 21.1. The molecule has 11 heteroatoms. The Kier molecular flexibility index (Phi) is 8.07. The van der Waals surface area contributed by atoms with Crippen molar-refractivity contribution in [3.05, 3.63) is 73.1 Å². The summed E-state index contributed by atoms with van der Waals surface area (Å²) in [6.07, 6.45) is 10.7. The van der Waals surface area contributed by atoms with Gasteiger partial charge in [-0.15, -0.1) is 0 Å². The first-order chi connectivity index (χ1) is 23.4. The number of phenols is 1. The minimum Gasteiger partial charge on any atom is -0.508 e. The first-order valence-electron chi connectivity index (χ1n) is 17.0. The fourth-order valence-electron chi connectivity index (χ4n) is 7.96. The van der Waals surface area contributed by atoms with E-state index in [4.69, 9.17) is 9.72 Å². The molecule has 48 heavy (non-hydrogen) atoms. The molecule has 3 aromatic carbocycles. The lowest BCUT2D eigenvalue weighted by Crippen LogP contribution is -2.56. The number of phenolic OH excluding ortho intramolecular Hbond substituents is 1. The van der Waals surface area contributed by atoms with Crippen molar-refractivity contribution in [2.45, 2.75) is 63.2 Å². The first kappa shape index (κ1) is 30.6. The third kappa shape index (κ3) is 5.70. The van der Waals surface area contributed by atoms with E-state index in [0.29, 0.717) is 48.4 Å². The summed E-state index contributed by atoms with van der Waals surface area (Å²) in [7, 11) is 2.09. The van der Waals surface area contributed by atoms with Crippen LogP contribution in [0.5, 0.6) is 11.8 Å². The molecular formula is C37H40FN7O3. The molecule has 5 heterocycles. The van der Waals surface area contributed by atoms with Gasteiger partial charge in [0, 0.05) is 67.5 Å². The number of rotatable bonds is 9. The summed E-state index contributed by atoms with van der Waals surface area (Å²) in [4.78, 5) is 33.7. The molecule has 3 fully saturated rings. The highest BCUT2D eigenvalue weighted by Crippen LogP contribution is 2.40. The zero-order valence-corrected chi connectivity index (χ0v) is 27.1. The highest BCUT2D eigenvalue weighted by Gasteiger charge is 2.43. The third-order valence-corrected chi connectivity index (χ3v) is 10.4. The minimum absolute atomic E-state index is 0.0637. The number of imidazole rings is 1. The third-order valence-electron chi connectivity index (χ3n) is 10.4. The molecule has 5 aromatic rings. The maximum absolute atomic E-state index is 16.8.